The van der Waals surface area contributed by atoms with Gasteiger partial charge < -0.3 is 15.8 Å². The van der Waals surface area contributed by atoms with E-state index >= 15 is 0 Å². The molecule has 0 aliphatic heterocycles. The van der Waals surface area contributed by atoms with Crippen LogP contribution in [0.1, 0.15) is 62.4 Å². The zero-order valence-corrected chi connectivity index (χ0v) is 14.4. The second kappa shape index (κ2) is 9.30. The summed E-state index contributed by atoms with van der Waals surface area (Å²) in [6, 6.07) is 7.09. The average molecular weight is 320 g/mol. The van der Waals surface area contributed by atoms with E-state index in [1.54, 1.807) is 12.1 Å². The summed E-state index contributed by atoms with van der Waals surface area (Å²) in [5, 5.41) is 2.88. The number of benzene rings is 1. The molecule has 0 spiro atoms. The normalized spacial score (nSPS) is 11.1. The molecule has 0 aliphatic carbocycles. The zero-order valence-electron chi connectivity index (χ0n) is 14.4. The van der Waals surface area contributed by atoms with E-state index in [1.165, 1.54) is 0 Å². The van der Waals surface area contributed by atoms with Gasteiger partial charge in [0.05, 0.1) is 5.56 Å². The van der Waals surface area contributed by atoms with Crippen molar-refractivity contribution in [3.63, 3.8) is 0 Å². The van der Waals surface area contributed by atoms with Crippen LogP contribution in [0.4, 0.5) is 0 Å². The average Bonchev–Trinajstić information content (AvgIpc) is 2.48. The molecule has 0 heterocycles. The molecular formula is C18H28N2O3. The summed E-state index contributed by atoms with van der Waals surface area (Å²) in [7, 11) is 0. The van der Waals surface area contributed by atoms with Crippen molar-refractivity contribution in [2.45, 2.75) is 58.6 Å². The predicted molar refractivity (Wildman–Crippen MR) is 91.0 cm³/mol. The highest BCUT2D eigenvalue weighted by Crippen LogP contribution is 2.13. The van der Waals surface area contributed by atoms with Crippen LogP contribution in [0.15, 0.2) is 24.3 Å². The Morgan fingerprint density at radius 3 is 2.30 bits per heavy atom. The molecule has 128 valence electrons. The van der Waals surface area contributed by atoms with E-state index in [2.05, 4.69) is 5.32 Å². The summed E-state index contributed by atoms with van der Waals surface area (Å²) in [5.74, 6) is -0.300. The molecule has 5 heteroatoms. The Bertz CT molecular complexity index is 504. The fourth-order valence-electron chi connectivity index (χ4n) is 1.99. The highest BCUT2D eigenvalue weighted by atomic mass is 16.6. The van der Waals surface area contributed by atoms with Gasteiger partial charge in [0.25, 0.3) is 0 Å². The first-order chi connectivity index (χ1) is 10.8. The molecule has 0 saturated carbocycles. The lowest BCUT2D eigenvalue weighted by Crippen LogP contribution is -2.24. The van der Waals surface area contributed by atoms with E-state index < -0.39 is 5.60 Å². The van der Waals surface area contributed by atoms with E-state index in [9.17, 15) is 9.59 Å². The van der Waals surface area contributed by atoms with Gasteiger partial charge in [-0.25, -0.2) is 4.79 Å². The Morgan fingerprint density at radius 1 is 1.09 bits per heavy atom. The maximum Gasteiger partial charge on any atom is 0.338 e. The fourth-order valence-corrected chi connectivity index (χ4v) is 1.99. The number of nitrogens with two attached hydrogens (primary N) is 1. The van der Waals surface area contributed by atoms with Crippen LogP contribution in [-0.4, -0.2) is 24.0 Å². The van der Waals surface area contributed by atoms with Crippen molar-refractivity contribution in [1.82, 2.24) is 5.32 Å². The molecular weight excluding hydrogens is 292 g/mol. The minimum atomic E-state index is -0.506. The van der Waals surface area contributed by atoms with Crippen LogP contribution in [0, 0.1) is 0 Å². The van der Waals surface area contributed by atoms with E-state index in [-0.39, 0.29) is 11.9 Å². The Morgan fingerprint density at radius 2 is 1.74 bits per heavy atom. The summed E-state index contributed by atoms with van der Waals surface area (Å²) in [6.07, 6.45) is 3.32. The third-order valence-electron chi connectivity index (χ3n) is 3.19. The van der Waals surface area contributed by atoms with Gasteiger partial charge >= 0.3 is 5.97 Å². The fraction of sp³-hybridized carbons (Fsp3) is 0.556. The third kappa shape index (κ3) is 8.35. The van der Waals surface area contributed by atoms with Crippen molar-refractivity contribution >= 4 is 11.9 Å². The topological polar surface area (TPSA) is 81.4 Å². The summed E-state index contributed by atoms with van der Waals surface area (Å²) < 4.78 is 5.31. The van der Waals surface area contributed by atoms with Gasteiger partial charge in [0.15, 0.2) is 0 Å². The van der Waals surface area contributed by atoms with Crippen LogP contribution in [0.25, 0.3) is 0 Å². The van der Waals surface area contributed by atoms with Crippen molar-refractivity contribution in [2.75, 3.05) is 6.54 Å². The van der Waals surface area contributed by atoms with Crippen LogP contribution in [0.2, 0.25) is 0 Å². The minimum absolute atomic E-state index is 0.0400. The van der Waals surface area contributed by atoms with Crippen molar-refractivity contribution in [3.05, 3.63) is 35.4 Å². The van der Waals surface area contributed by atoms with Crippen molar-refractivity contribution in [2.24, 2.45) is 5.73 Å². The number of unbranched alkanes of at least 4 members (excludes halogenated alkanes) is 2. The molecule has 1 amide bonds. The Kier molecular flexibility index (Phi) is 7.75. The second-order valence-electron chi connectivity index (χ2n) is 6.57. The number of amides is 1. The summed E-state index contributed by atoms with van der Waals surface area (Å²) in [5.41, 5.74) is 6.37. The molecule has 5 nitrogen and oxygen atoms in total. The molecule has 0 saturated heterocycles. The number of carbonyl (C=O) groups is 2. The van der Waals surface area contributed by atoms with Crippen molar-refractivity contribution < 1.29 is 14.3 Å². The predicted octanol–water partition coefficient (Wildman–Crippen LogP) is 2.78. The minimum Gasteiger partial charge on any atom is -0.456 e. The molecule has 1 rings (SSSR count). The highest BCUT2D eigenvalue weighted by Gasteiger charge is 2.17. The van der Waals surface area contributed by atoms with E-state index in [0.717, 1.165) is 24.8 Å². The molecule has 1 aromatic carbocycles. The van der Waals surface area contributed by atoms with Crippen molar-refractivity contribution in [3.8, 4) is 0 Å². The van der Waals surface area contributed by atoms with Gasteiger partial charge in [-0.1, -0.05) is 18.6 Å². The van der Waals surface area contributed by atoms with Crippen LogP contribution in [0.3, 0.4) is 0 Å². The molecule has 0 bridgehead atoms. The van der Waals surface area contributed by atoms with Gasteiger partial charge in [0.2, 0.25) is 5.91 Å². The highest BCUT2D eigenvalue weighted by molar-refractivity contribution is 5.89. The Balaban J connectivity index is 2.39. The number of hydrogen-bond acceptors (Lipinski definition) is 4. The van der Waals surface area contributed by atoms with Crippen LogP contribution in [-0.2, 0) is 16.1 Å². The third-order valence-corrected chi connectivity index (χ3v) is 3.19. The first-order valence-corrected chi connectivity index (χ1v) is 8.11. The van der Waals surface area contributed by atoms with Gasteiger partial charge in [0.1, 0.15) is 5.60 Å². The number of rotatable bonds is 8. The van der Waals surface area contributed by atoms with Gasteiger partial charge in [-0.2, -0.15) is 0 Å². The van der Waals surface area contributed by atoms with E-state index in [0.29, 0.717) is 25.1 Å². The van der Waals surface area contributed by atoms with E-state index in [4.69, 9.17) is 10.5 Å². The largest absolute Gasteiger partial charge is 0.456 e. The summed E-state index contributed by atoms with van der Waals surface area (Å²) >= 11 is 0. The lowest BCUT2D eigenvalue weighted by molar-refractivity contribution is -0.121. The van der Waals surface area contributed by atoms with Crippen LogP contribution >= 0.6 is 0 Å². The monoisotopic (exact) mass is 320 g/mol. The SMILES string of the molecule is CC(C)(C)OC(=O)c1ccc(CNC(=O)CCCCCN)cc1. The molecule has 0 aliphatic rings. The van der Waals surface area contributed by atoms with Gasteiger partial charge in [-0.15, -0.1) is 0 Å². The molecule has 0 radical (unpaired) electrons. The quantitative estimate of drug-likeness (QED) is 0.570. The number of hydrogen-bond donors (Lipinski definition) is 2. The van der Waals surface area contributed by atoms with Crippen LogP contribution < -0.4 is 11.1 Å². The lowest BCUT2D eigenvalue weighted by Gasteiger charge is -2.19. The van der Waals surface area contributed by atoms with Crippen LogP contribution in [0.5, 0.6) is 0 Å². The zero-order chi connectivity index (χ0) is 17.3. The van der Waals surface area contributed by atoms with Crippen molar-refractivity contribution in [1.29, 1.82) is 0 Å². The first-order valence-electron chi connectivity index (χ1n) is 8.11. The molecule has 0 atom stereocenters. The molecule has 1 aromatic rings. The molecule has 3 N–H and O–H groups in total. The number of ether oxygens (including phenoxy) is 1. The first kappa shape index (κ1) is 19.2. The van der Waals surface area contributed by atoms with Gasteiger partial charge in [-0.3, -0.25) is 4.79 Å². The number of esters is 1. The molecule has 0 unspecified atom stereocenters. The summed E-state index contributed by atoms with van der Waals surface area (Å²) in [4.78, 5) is 23.6. The van der Waals surface area contributed by atoms with E-state index in [1.807, 2.05) is 32.9 Å². The molecule has 0 fully saturated rings. The number of nitrogens with one attached hydrogen (secondary N) is 1. The maximum atomic E-state index is 11.9. The maximum absolute atomic E-state index is 11.9. The summed E-state index contributed by atoms with van der Waals surface area (Å²) in [6.45, 7) is 6.64. The second-order valence-corrected chi connectivity index (χ2v) is 6.57. The smallest absolute Gasteiger partial charge is 0.338 e. The van der Waals surface area contributed by atoms with Gasteiger partial charge in [-0.05, 0) is 57.9 Å². The molecule has 23 heavy (non-hydrogen) atoms. The molecule has 0 aromatic heterocycles. The standard InChI is InChI=1S/C18H28N2O3/c1-18(2,3)23-17(22)15-10-8-14(9-11-15)13-20-16(21)7-5-4-6-12-19/h8-11H,4-7,12-13,19H2,1-3H3,(H,20,21). The lowest BCUT2D eigenvalue weighted by atomic mass is 10.1. The Hall–Kier alpha value is -1.88. The number of carbonyl (C=O) groups excluding carboxylic acids is 2. The Labute approximate surface area is 138 Å². The van der Waals surface area contributed by atoms with Gasteiger partial charge in [0, 0.05) is 13.0 Å².